The lowest BCUT2D eigenvalue weighted by Gasteiger charge is -2.28. The Morgan fingerprint density at radius 2 is 2.00 bits per heavy atom. The van der Waals surface area contributed by atoms with Crippen molar-refractivity contribution in [2.45, 2.75) is 5.97 Å². The first-order chi connectivity index (χ1) is 4.04. The van der Waals surface area contributed by atoms with E-state index in [9.17, 15) is 9.59 Å². The Bertz CT molecular complexity index is 163. The van der Waals surface area contributed by atoms with Crippen LogP contribution >= 0.6 is 0 Å². The van der Waals surface area contributed by atoms with Gasteiger partial charge in [-0.1, -0.05) is 0 Å². The standard InChI is InChI=1S/C3H2O6/c4-1(5)3(7)8-2(6)9-3/h7H,(H,4,5). The zero-order valence-corrected chi connectivity index (χ0v) is 4.03. The first-order valence-electron chi connectivity index (χ1n) is 1.92. The van der Waals surface area contributed by atoms with Gasteiger partial charge in [0.05, 0.1) is 0 Å². The van der Waals surface area contributed by atoms with Crippen molar-refractivity contribution >= 4 is 12.1 Å². The molecule has 0 saturated carbocycles. The van der Waals surface area contributed by atoms with Crippen LogP contribution in [0.4, 0.5) is 4.79 Å². The second-order valence-corrected chi connectivity index (χ2v) is 1.34. The molecule has 0 aliphatic carbocycles. The van der Waals surface area contributed by atoms with Crippen molar-refractivity contribution in [1.82, 2.24) is 0 Å². The molecule has 0 unspecified atom stereocenters. The third kappa shape index (κ3) is 0.685. The van der Waals surface area contributed by atoms with Crippen LogP contribution in [0, 0.1) is 0 Å². The van der Waals surface area contributed by atoms with E-state index in [1.165, 1.54) is 0 Å². The molecule has 0 aromatic heterocycles. The number of carboxylic acid groups (broad SMARTS) is 1. The average molecular weight is 134 g/mol. The Kier molecular flexibility index (Phi) is 0.874. The summed E-state index contributed by atoms with van der Waals surface area (Å²) in [7, 11) is 0. The minimum absolute atomic E-state index is 1.19. The maximum Gasteiger partial charge on any atom is 0.519 e. The molecule has 2 N–H and O–H groups in total. The second-order valence-electron chi connectivity index (χ2n) is 1.34. The molecule has 6 heteroatoms. The van der Waals surface area contributed by atoms with Gasteiger partial charge < -0.3 is 19.7 Å². The summed E-state index contributed by atoms with van der Waals surface area (Å²) in [4.78, 5) is 19.5. The van der Waals surface area contributed by atoms with Gasteiger partial charge in [-0.2, -0.15) is 0 Å². The molecule has 0 bridgehead atoms. The Labute approximate surface area is 48.6 Å². The van der Waals surface area contributed by atoms with E-state index < -0.39 is 18.1 Å². The average Bonchev–Trinajstić information content (AvgIpc) is 1.62. The van der Waals surface area contributed by atoms with Crippen molar-refractivity contribution in [2.75, 3.05) is 0 Å². The minimum atomic E-state index is -2.74. The van der Waals surface area contributed by atoms with Crippen LogP contribution in [0.15, 0.2) is 0 Å². The lowest BCUT2D eigenvalue weighted by molar-refractivity contribution is -0.366. The van der Waals surface area contributed by atoms with E-state index in [0.29, 0.717) is 0 Å². The predicted molar refractivity (Wildman–Crippen MR) is 20.2 cm³/mol. The van der Waals surface area contributed by atoms with Crippen LogP contribution in [0.5, 0.6) is 0 Å². The summed E-state index contributed by atoms with van der Waals surface area (Å²) in [5, 5.41) is 16.4. The number of cyclic esters (lactones) is 2. The number of carboxylic acids is 1. The van der Waals surface area contributed by atoms with Gasteiger partial charge in [-0.25, -0.2) is 9.59 Å². The van der Waals surface area contributed by atoms with Gasteiger partial charge in [0, 0.05) is 0 Å². The summed E-state index contributed by atoms with van der Waals surface area (Å²) in [5.74, 6) is -4.49. The molecule has 0 aromatic rings. The molecule has 0 amide bonds. The summed E-state index contributed by atoms with van der Waals surface area (Å²) in [6.07, 6.45) is -1.19. The van der Waals surface area contributed by atoms with E-state index in [1.54, 1.807) is 0 Å². The van der Waals surface area contributed by atoms with Crippen LogP contribution in [0.2, 0.25) is 0 Å². The van der Waals surface area contributed by atoms with Gasteiger partial charge in [0.2, 0.25) is 0 Å². The van der Waals surface area contributed by atoms with Crippen molar-refractivity contribution < 1.29 is 29.3 Å². The third-order valence-corrected chi connectivity index (χ3v) is 0.714. The molecule has 0 aromatic carbocycles. The maximum absolute atomic E-state index is 9.80. The van der Waals surface area contributed by atoms with Crippen LogP contribution in [0.3, 0.4) is 0 Å². The fourth-order valence-electron chi connectivity index (χ4n) is 0.321. The zero-order valence-electron chi connectivity index (χ0n) is 4.03. The van der Waals surface area contributed by atoms with Gasteiger partial charge in [0.25, 0.3) is 0 Å². The number of rotatable bonds is 1. The monoisotopic (exact) mass is 134 g/mol. The third-order valence-electron chi connectivity index (χ3n) is 0.714. The molecule has 1 heterocycles. The first kappa shape index (κ1) is 5.83. The number of aliphatic carboxylic acids is 1. The molecule has 1 fully saturated rings. The summed E-state index contributed by atoms with van der Waals surface area (Å²) in [5.41, 5.74) is 0. The number of aliphatic hydroxyl groups is 1. The first-order valence-corrected chi connectivity index (χ1v) is 1.92. The number of hydrogen-bond acceptors (Lipinski definition) is 5. The molecule has 6 nitrogen and oxygen atoms in total. The number of hydrogen-bond donors (Lipinski definition) is 2. The lowest BCUT2D eigenvalue weighted by Crippen LogP contribution is -2.56. The quantitative estimate of drug-likeness (QED) is 0.441. The largest absolute Gasteiger partial charge is 0.519 e. The highest BCUT2D eigenvalue weighted by molar-refractivity contribution is 5.83. The molecule has 1 rings (SSSR count). The van der Waals surface area contributed by atoms with E-state index >= 15 is 0 Å². The van der Waals surface area contributed by atoms with Crippen LogP contribution in [-0.4, -0.2) is 28.3 Å². The van der Waals surface area contributed by atoms with Crippen LogP contribution in [0.25, 0.3) is 0 Å². The molecule has 50 valence electrons. The van der Waals surface area contributed by atoms with Crippen LogP contribution in [-0.2, 0) is 14.3 Å². The molecular weight excluding hydrogens is 132 g/mol. The van der Waals surface area contributed by atoms with Gasteiger partial charge in [0.1, 0.15) is 0 Å². The Balaban J connectivity index is 2.60. The smallest absolute Gasteiger partial charge is 0.473 e. The Hall–Kier alpha value is -1.30. The molecule has 0 atom stereocenters. The van der Waals surface area contributed by atoms with Gasteiger partial charge >= 0.3 is 18.1 Å². The SMILES string of the molecule is O=C1OC(O)(C(=O)O)O1. The van der Waals surface area contributed by atoms with Crippen LogP contribution in [0.1, 0.15) is 0 Å². The molecule has 9 heavy (non-hydrogen) atoms. The summed E-state index contributed by atoms with van der Waals surface area (Å²) in [6.45, 7) is 0. The van der Waals surface area contributed by atoms with E-state index in [-0.39, 0.29) is 0 Å². The molecule has 1 aliphatic heterocycles. The zero-order chi connectivity index (χ0) is 7.07. The van der Waals surface area contributed by atoms with E-state index in [0.717, 1.165) is 0 Å². The van der Waals surface area contributed by atoms with E-state index in [2.05, 4.69) is 9.47 Å². The second kappa shape index (κ2) is 1.35. The molecule has 1 saturated heterocycles. The van der Waals surface area contributed by atoms with Gasteiger partial charge in [-0.3, -0.25) is 0 Å². The van der Waals surface area contributed by atoms with Crippen LogP contribution < -0.4 is 0 Å². The Morgan fingerprint density at radius 3 is 2.11 bits per heavy atom. The van der Waals surface area contributed by atoms with Crippen molar-refractivity contribution in [2.24, 2.45) is 0 Å². The highest BCUT2D eigenvalue weighted by Gasteiger charge is 2.55. The van der Waals surface area contributed by atoms with Crippen molar-refractivity contribution in [3.8, 4) is 0 Å². The fourth-order valence-corrected chi connectivity index (χ4v) is 0.321. The van der Waals surface area contributed by atoms with Crippen molar-refractivity contribution in [3.63, 3.8) is 0 Å². The maximum atomic E-state index is 9.80. The summed E-state index contributed by atoms with van der Waals surface area (Å²) in [6, 6.07) is 0. The van der Waals surface area contributed by atoms with Gasteiger partial charge in [0.15, 0.2) is 0 Å². The topological polar surface area (TPSA) is 93.1 Å². The highest BCUT2D eigenvalue weighted by atomic mass is 17.0. The van der Waals surface area contributed by atoms with E-state index in [1.807, 2.05) is 0 Å². The predicted octanol–water partition coefficient (Wildman–Crippen LogP) is -1.12. The normalized spacial score (nSPS) is 21.2. The number of ether oxygens (including phenoxy) is 2. The highest BCUT2D eigenvalue weighted by Crippen LogP contribution is 2.21. The molecule has 0 spiro atoms. The molecule has 1 aliphatic rings. The van der Waals surface area contributed by atoms with Gasteiger partial charge in [-0.15, -0.1) is 0 Å². The Morgan fingerprint density at radius 1 is 1.56 bits per heavy atom. The van der Waals surface area contributed by atoms with E-state index in [4.69, 9.17) is 10.2 Å². The van der Waals surface area contributed by atoms with Gasteiger partial charge in [-0.05, 0) is 0 Å². The fraction of sp³-hybridized carbons (Fsp3) is 0.333. The summed E-state index contributed by atoms with van der Waals surface area (Å²) < 4.78 is 7.37. The molecular formula is C3H2O6. The number of carbonyl (C=O) groups is 2. The number of carbonyl (C=O) groups excluding carboxylic acids is 1. The van der Waals surface area contributed by atoms with Crippen molar-refractivity contribution in [1.29, 1.82) is 0 Å². The van der Waals surface area contributed by atoms with Crippen molar-refractivity contribution in [3.05, 3.63) is 0 Å². The lowest BCUT2D eigenvalue weighted by atomic mass is 10.5. The minimum Gasteiger partial charge on any atom is -0.473 e. The summed E-state index contributed by atoms with van der Waals surface area (Å²) >= 11 is 0. The molecule has 0 radical (unpaired) electrons.